The van der Waals surface area contributed by atoms with Crippen LogP contribution in [0.1, 0.15) is 62.4 Å². The van der Waals surface area contributed by atoms with Gasteiger partial charge in [0, 0.05) is 22.2 Å². The molecule has 1 aromatic heterocycles. The Bertz CT molecular complexity index is 978. The van der Waals surface area contributed by atoms with Crippen LogP contribution in [0, 0.1) is 0 Å². The Hall–Kier alpha value is -0.541. The number of rotatable bonds is 4. The Labute approximate surface area is 226 Å². The van der Waals surface area contributed by atoms with E-state index in [0.29, 0.717) is 0 Å². The molecule has 0 spiro atoms. The minimum atomic E-state index is 0.0711. The van der Waals surface area contributed by atoms with Crippen molar-refractivity contribution in [2.45, 2.75) is 52.4 Å². The van der Waals surface area contributed by atoms with Gasteiger partial charge in [-0.1, -0.05) is 77.9 Å². The van der Waals surface area contributed by atoms with E-state index in [1.165, 1.54) is 19.6 Å². The van der Waals surface area contributed by atoms with Crippen molar-refractivity contribution in [3.63, 3.8) is 0 Å². The first-order chi connectivity index (χ1) is 15.1. The minimum absolute atomic E-state index is 0.0711. The van der Waals surface area contributed by atoms with Crippen molar-refractivity contribution < 1.29 is 8.46 Å². The van der Waals surface area contributed by atoms with Crippen molar-refractivity contribution in [1.82, 2.24) is 0 Å². The molecule has 0 amide bonds. The average Bonchev–Trinajstić information content (AvgIpc) is 3.18. The molecule has 1 heterocycles. The SMILES string of the molecule is CC(C)(C)c1ccccc1N=Cc1ccc(C=Nc2ccccc2C(C)(C)C)s1.[I][Fe][I]. The second-order valence-electron chi connectivity index (χ2n) is 9.34. The number of para-hydroxylation sites is 2. The fraction of sp³-hybridized carbons (Fsp3) is 0.308. The van der Waals surface area contributed by atoms with Crippen LogP contribution >= 0.6 is 52.0 Å². The van der Waals surface area contributed by atoms with E-state index in [1.807, 2.05) is 24.6 Å². The molecule has 0 unspecified atom stereocenters. The Balaban J connectivity index is 0.00000114. The van der Waals surface area contributed by atoms with Gasteiger partial charge >= 0.3 is 49.1 Å². The fourth-order valence-electron chi connectivity index (χ4n) is 3.21. The summed E-state index contributed by atoms with van der Waals surface area (Å²) in [5.41, 5.74) is 4.72. The molecule has 0 bridgehead atoms. The molecule has 0 atom stereocenters. The summed E-state index contributed by atoms with van der Waals surface area (Å²) in [5, 5.41) is 0. The van der Waals surface area contributed by atoms with E-state index in [-0.39, 0.29) is 10.8 Å². The average molecular weight is 712 g/mol. The second-order valence-corrected chi connectivity index (χ2v) is 19.8. The predicted molar refractivity (Wildman–Crippen MR) is 157 cm³/mol. The van der Waals surface area contributed by atoms with Crippen LogP contribution in [0.15, 0.2) is 70.6 Å². The molecule has 0 radical (unpaired) electrons. The molecule has 0 N–H and O–H groups in total. The molecule has 0 saturated heterocycles. The van der Waals surface area contributed by atoms with Crippen LogP contribution in [-0.4, -0.2) is 12.4 Å². The molecular formula is C26H30FeI2N2S. The van der Waals surface area contributed by atoms with Crippen molar-refractivity contribution in [3.8, 4) is 0 Å². The molecule has 32 heavy (non-hydrogen) atoms. The monoisotopic (exact) mass is 712 g/mol. The van der Waals surface area contributed by atoms with Crippen molar-refractivity contribution >= 4 is 75.8 Å². The van der Waals surface area contributed by atoms with Gasteiger partial charge in [0.1, 0.15) is 0 Å². The van der Waals surface area contributed by atoms with E-state index in [1.54, 1.807) is 11.3 Å². The standard InChI is InChI=1S/C26H30N2S.Fe.2HI/c1-25(2,3)21-11-7-9-13-23(21)27-17-19-15-16-20(29-19)18-28-24-14-10-8-12-22(24)26(4,5)6;;;/h7-18H,1-6H3;;2*1H/q;+2;;/p-2. The third kappa shape index (κ3) is 8.67. The summed E-state index contributed by atoms with van der Waals surface area (Å²) < 4.78 is 0. The first kappa shape index (κ1) is 27.7. The van der Waals surface area contributed by atoms with Gasteiger partial charge in [-0.25, -0.2) is 0 Å². The first-order valence-electron chi connectivity index (χ1n) is 10.3. The van der Waals surface area contributed by atoms with Crippen molar-refractivity contribution in [1.29, 1.82) is 0 Å². The van der Waals surface area contributed by atoms with Gasteiger partial charge in [-0.3, -0.25) is 9.98 Å². The van der Waals surface area contributed by atoms with Crippen LogP contribution in [-0.2, 0) is 19.3 Å². The zero-order valence-electron chi connectivity index (χ0n) is 19.3. The van der Waals surface area contributed by atoms with E-state index in [4.69, 9.17) is 9.98 Å². The molecule has 0 aliphatic carbocycles. The van der Waals surface area contributed by atoms with Gasteiger partial charge in [-0.15, -0.1) is 11.3 Å². The maximum atomic E-state index is 4.76. The molecule has 0 aliphatic heterocycles. The quantitative estimate of drug-likeness (QED) is 0.146. The van der Waals surface area contributed by atoms with Crippen LogP contribution in [0.5, 0.6) is 0 Å². The normalized spacial score (nSPS) is 12.4. The van der Waals surface area contributed by atoms with Gasteiger partial charge < -0.3 is 0 Å². The van der Waals surface area contributed by atoms with Crippen LogP contribution < -0.4 is 0 Å². The van der Waals surface area contributed by atoms with E-state index in [0.717, 1.165) is 21.1 Å². The van der Waals surface area contributed by atoms with E-state index < -0.39 is 0 Å². The summed E-state index contributed by atoms with van der Waals surface area (Å²) in [7, 11) is 1.19. The molecule has 172 valence electrons. The summed E-state index contributed by atoms with van der Waals surface area (Å²) in [6.45, 7) is 13.3. The third-order valence-electron chi connectivity index (χ3n) is 4.73. The first-order valence-corrected chi connectivity index (χ1v) is 18.2. The van der Waals surface area contributed by atoms with Gasteiger partial charge in [-0.2, -0.15) is 0 Å². The van der Waals surface area contributed by atoms with Crippen LogP contribution in [0.4, 0.5) is 11.4 Å². The van der Waals surface area contributed by atoms with Crippen LogP contribution in [0.25, 0.3) is 0 Å². The van der Waals surface area contributed by atoms with E-state index >= 15 is 0 Å². The van der Waals surface area contributed by atoms with E-state index in [9.17, 15) is 0 Å². The summed E-state index contributed by atoms with van der Waals surface area (Å²) in [4.78, 5) is 11.8. The summed E-state index contributed by atoms with van der Waals surface area (Å²) >= 11 is 6.25. The van der Waals surface area contributed by atoms with Crippen LogP contribution in [0.3, 0.4) is 0 Å². The van der Waals surface area contributed by atoms with E-state index in [2.05, 4.69) is 131 Å². The topological polar surface area (TPSA) is 24.7 Å². The Morgan fingerprint density at radius 1 is 0.656 bits per heavy atom. The molecule has 2 aromatic carbocycles. The molecule has 0 saturated carbocycles. The third-order valence-corrected chi connectivity index (χ3v) is 5.69. The number of hydrogen-bond acceptors (Lipinski definition) is 3. The molecule has 2 nitrogen and oxygen atoms in total. The van der Waals surface area contributed by atoms with Gasteiger partial charge in [0.15, 0.2) is 0 Å². The number of halogens is 2. The number of thiophene rings is 1. The Morgan fingerprint density at radius 2 is 1.00 bits per heavy atom. The molecule has 0 fully saturated rings. The van der Waals surface area contributed by atoms with Gasteiger partial charge in [0.25, 0.3) is 0 Å². The summed E-state index contributed by atoms with van der Waals surface area (Å²) in [5.74, 6) is 0. The number of aliphatic imine (C=N–C) groups is 2. The summed E-state index contributed by atoms with van der Waals surface area (Å²) in [6, 6.07) is 20.9. The predicted octanol–water partition coefficient (Wildman–Crippen LogP) is 9.61. The maximum absolute atomic E-state index is 4.76. The van der Waals surface area contributed by atoms with Gasteiger partial charge in [0.05, 0.1) is 11.4 Å². The fourth-order valence-corrected chi connectivity index (χ4v) is 3.97. The van der Waals surface area contributed by atoms with Crippen LogP contribution in [0.2, 0.25) is 0 Å². The molecule has 0 aliphatic rings. The molecule has 3 aromatic rings. The summed E-state index contributed by atoms with van der Waals surface area (Å²) in [6.07, 6.45) is 3.91. The zero-order valence-corrected chi connectivity index (χ0v) is 25.6. The Kier molecular flexibility index (Phi) is 11.1. The van der Waals surface area contributed by atoms with Gasteiger partial charge in [0.2, 0.25) is 0 Å². The molecule has 6 heteroatoms. The van der Waals surface area contributed by atoms with Crippen molar-refractivity contribution in [2.75, 3.05) is 0 Å². The molecule has 3 rings (SSSR count). The second kappa shape index (κ2) is 12.8. The Morgan fingerprint density at radius 3 is 1.34 bits per heavy atom. The van der Waals surface area contributed by atoms with Crippen molar-refractivity contribution in [2.24, 2.45) is 9.98 Å². The van der Waals surface area contributed by atoms with Gasteiger partial charge in [-0.05, 0) is 46.2 Å². The zero-order chi connectivity index (χ0) is 23.8. The number of hydrogen-bond donors (Lipinski definition) is 0. The molecular weight excluding hydrogens is 682 g/mol. The number of benzene rings is 2. The number of nitrogens with zero attached hydrogens (tertiary/aromatic N) is 2. The van der Waals surface area contributed by atoms with Crippen molar-refractivity contribution in [3.05, 3.63) is 81.5 Å².